The molecule has 0 aliphatic carbocycles. The summed E-state index contributed by atoms with van der Waals surface area (Å²) in [6.07, 6.45) is -3.37. The third-order valence-electron chi connectivity index (χ3n) is 2.96. The van der Waals surface area contributed by atoms with Gasteiger partial charge in [0.1, 0.15) is 0 Å². The van der Waals surface area contributed by atoms with Gasteiger partial charge in [-0.15, -0.1) is 0 Å². The highest BCUT2D eigenvalue weighted by Crippen LogP contribution is 2.36. The number of anilines is 1. The highest BCUT2D eigenvalue weighted by atomic mass is 35.5. The maximum atomic E-state index is 12.7. The smallest absolute Gasteiger partial charge is 0.384 e. The number of nitrogens with zero attached hydrogens (tertiary/aromatic N) is 1. The Hall–Kier alpha value is -1.41. The van der Waals surface area contributed by atoms with Gasteiger partial charge in [0, 0.05) is 18.7 Å². The molecule has 1 rings (SSSR count). The standard InChI is InChI=1S/C14H16ClF3N2/c1-13(2,6-3-7-19)9-20-10-4-5-12(15)11(8-10)14(16,17)18/h4-5,8,20H,3,6,9H2,1-2H3. The van der Waals surface area contributed by atoms with Crippen molar-refractivity contribution in [1.29, 1.82) is 5.26 Å². The molecule has 0 radical (unpaired) electrons. The molecule has 0 aromatic heterocycles. The number of benzene rings is 1. The van der Waals surface area contributed by atoms with E-state index in [0.717, 1.165) is 6.07 Å². The van der Waals surface area contributed by atoms with Gasteiger partial charge in [0.05, 0.1) is 16.7 Å². The molecule has 1 aromatic rings. The van der Waals surface area contributed by atoms with Crippen molar-refractivity contribution in [2.24, 2.45) is 5.41 Å². The third kappa shape index (κ3) is 4.93. The lowest BCUT2D eigenvalue weighted by Crippen LogP contribution is -2.23. The van der Waals surface area contributed by atoms with Gasteiger partial charge >= 0.3 is 6.18 Å². The van der Waals surface area contributed by atoms with E-state index in [1.165, 1.54) is 12.1 Å². The van der Waals surface area contributed by atoms with Crippen LogP contribution in [-0.4, -0.2) is 6.54 Å². The van der Waals surface area contributed by atoms with Gasteiger partial charge in [0.2, 0.25) is 0 Å². The van der Waals surface area contributed by atoms with E-state index in [2.05, 4.69) is 11.4 Å². The molecule has 110 valence electrons. The van der Waals surface area contributed by atoms with Crippen LogP contribution >= 0.6 is 11.6 Å². The van der Waals surface area contributed by atoms with E-state index in [-0.39, 0.29) is 10.4 Å². The zero-order valence-corrected chi connectivity index (χ0v) is 12.1. The van der Waals surface area contributed by atoms with E-state index in [1.54, 1.807) is 0 Å². The lowest BCUT2D eigenvalue weighted by atomic mass is 9.88. The summed E-state index contributed by atoms with van der Waals surface area (Å²) in [5.41, 5.74) is -0.654. The van der Waals surface area contributed by atoms with Crippen LogP contribution in [0.4, 0.5) is 18.9 Å². The second-order valence-electron chi connectivity index (χ2n) is 5.37. The Morgan fingerprint density at radius 2 is 1.95 bits per heavy atom. The predicted molar refractivity (Wildman–Crippen MR) is 73.6 cm³/mol. The van der Waals surface area contributed by atoms with Gasteiger partial charge in [-0.05, 0) is 30.0 Å². The van der Waals surface area contributed by atoms with Gasteiger partial charge in [-0.2, -0.15) is 18.4 Å². The van der Waals surface area contributed by atoms with Crippen LogP contribution in [-0.2, 0) is 6.18 Å². The average Bonchev–Trinajstić information content (AvgIpc) is 2.34. The summed E-state index contributed by atoms with van der Waals surface area (Å²) in [7, 11) is 0. The summed E-state index contributed by atoms with van der Waals surface area (Å²) in [5, 5.41) is 11.2. The monoisotopic (exact) mass is 304 g/mol. The van der Waals surface area contributed by atoms with Crippen LogP contribution in [0.1, 0.15) is 32.3 Å². The molecule has 0 aliphatic rings. The van der Waals surface area contributed by atoms with Crippen molar-refractivity contribution in [3.63, 3.8) is 0 Å². The molecule has 2 nitrogen and oxygen atoms in total. The molecule has 0 unspecified atom stereocenters. The molecule has 0 saturated heterocycles. The van der Waals surface area contributed by atoms with E-state index >= 15 is 0 Å². The van der Waals surface area contributed by atoms with Crippen molar-refractivity contribution in [2.75, 3.05) is 11.9 Å². The summed E-state index contributed by atoms with van der Waals surface area (Å²) >= 11 is 5.56. The number of nitrogens with one attached hydrogen (secondary N) is 1. The van der Waals surface area contributed by atoms with Gasteiger partial charge in [0.15, 0.2) is 0 Å². The maximum absolute atomic E-state index is 12.7. The molecule has 0 heterocycles. The Kier molecular flexibility index (Phi) is 5.29. The summed E-state index contributed by atoms with van der Waals surface area (Å²) in [6, 6.07) is 5.81. The summed E-state index contributed by atoms with van der Waals surface area (Å²) in [5.74, 6) is 0. The Morgan fingerprint density at radius 1 is 1.30 bits per heavy atom. The van der Waals surface area contributed by atoms with Gasteiger partial charge in [-0.25, -0.2) is 0 Å². The molecular weight excluding hydrogens is 289 g/mol. The molecule has 0 bridgehead atoms. The first-order chi connectivity index (χ1) is 9.15. The second kappa shape index (κ2) is 6.36. The SMILES string of the molecule is CC(C)(CCC#N)CNc1ccc(Cl)c(C(F)(F)F)c1. The highest BCUT2D eigenvalue weighted by molar-refractivity contribution is 6.31. The fourth-order valence-electron chi connectivity index (χ4n) is 1.68. The van der Waals surface area contributed by atoms with Crippen LogP contribution < -0.4 is 5.32 Å². The Balaban J connectivity index is 2.77. The first kappa shape index (κ1) is 16.6. The third-order valence-corrected chi connectivity index (χ3v) is 3.29. The fraction of sp³-hybridized carbons (Fsp3) is 0.500. The molecule has 0 spiro atoms. The van der Waals surface area contributed by atoms with Crippen LogP contribution in [0.25, 0.3) is 0 Å². The average molecular weight is 305 g/mol. The van der Waals surface area contributed by atoms with Crippen LogP contribution in [0, 0.1) is 16.7 Å². The van der Waals surface area contributed by atoms with E-state index in [4.69, 9.17) is 16.9 Å². The van der Waals surface area contributed by atoms with E-state index in [1.807, 2.05) is 13.8 Å². The molecule has 0 aliphatic heterocycles. The van der Waals surface area contributed by atoms with E-state index in [0.29, 0.717) is 25.1 Å². The molecule has 0 fully saturated rings. The van der Waals surface area contributed by atoms with E-state index in [9.17, 15) is 13.2 Å². The number of hydrogen-bond donors (Lipinski definition) is 1. The first-order valence-electron chi connectivity index (χ1n) is 6.13. The van der Waals surface area contributed by atoms with E-state index < -0.39 is 11.7 Å². The number of rotatable bonds is 5. The predicted octanol–water partition coefficient (Wildman–Crippen LogP) is 5.10. The lowest BCUT2D eigenvalue weighted by Gasteiger charge is -2.24. The highest BCUT2D eigenvalue weighted by Gasteiger charge is 2.33. The molecule has 0 amide bonds. The molecule has 20 heavy (non-hydrogen) atoms. The number of hydrogen-bond acceptors (Lipinski definition) is 2. The van der Waals surface area contributed by atoms with Gasteiger partial charge in [0.25, 0.3) is 0 Å². The minimum Gasteiger partial charge on any atom is -0.384 e. The van der Waals surface area contributed by atoms with Gasteiger partial charge in [-0.3, -0.25) is 0 Å². The number of halogens is 4. The minimum atomic E-state index is -4.47. The Bertz CT molecular complexity index is 504. The molecule has 6 heteroatoms. The van der Waals surface area contributed by atoms with Crippen molar-refractivity contribution in [3.05, 3.63) is 28.8 Å². The normalized spacial score (nSPS) is 12.1. The largest absolute Gasteiger partial charge is 0.417 e. The Morgan fingerprint density at radius 3 is 2.50 bits per heavy atom. The van der Waals surface area contributed by atoms with Crippen molar-refractivity contribution in [3.8, 4) is 6.07 Å². The zero-order chi connectivity index (χ0) is 15.4. The molecular formula is C14H16ClF3N2. The maximum Gasteiger partial charge on any atom is 0.417 e. The van der Waals surface area contributed by atoms with Gasteiger partial charge in [-0.1, -0.05) is 25.4 Å². The topological polar surface area (TPSA) is 35.8 Å². The van der Waals surface area contributed by atoms with Crippen molar-refractivity contribution in [2.45, 2.75) is 32.9 Å². The molecule has 0 saturated carbocycles. The fourth-order valence-corrected chi connectivity index (χ4v) is 1.90. The summed E-state index contributed by atoms with van der Waals surface area (Å²) in [4.78, 5) is 0. The molecule has 1 aromatic carbocycles. The first-order valence-corrected chi connectivity index (χ1v) is 6.51. The zero-order valence-electron chi connectivity index (χ0n) is 11.3. The summed E-state index contributed by atoms with van der Waals surface area (Å²) < 4.78 is 38.2. The van der Waals surface area contributed by atoms with Crippen molar-refractivity contribution in [1.82, 2.24) is 0 Å². The molecule has 0 atom stereocenters. The Labute approximate surface area is 121 Å². The number of alkyl halides is 3. The quantitative estimate of drug-likeness (QED) is 0.821. The van der Waals surface area contributed by atoms with Crippen molar-refractivity contribution >= 4 is 17.3 Å². The van der Waals surface area contributed by atoms with Crippen LogP contribution in [0.5, 0.6) is 0 Å². The lowest BCUT2D eigenvalue weighted by molar-refractivity contribution is -0.137. The van der Waals surface area contributed by atoms with Crippen LogP contribution in [0.2, 0.25) is 5.02 Å². The second-order valence-corrected chi connectivity index (χ2v) is 5.78. The van der Waals surface area contributed by atoms with Crippen molar-refractivity contribution < 1.29 is 13.2 Å². The van der Waals surface area contributed by atoms with Gasteiger partial charge < -0.3 is 5.32 Å². The van der Waals surface area contributed by atoms with Crippen LogP contribution in [0.3, 0.4) is 0 Å². The minimum absolute atomic E-state index is 0.173. The van der Waals surface area contributed by atoms with Crippen LogP contribution in [0.15, 0.2) is 18.2 Å². The summed E-state index contributed by atoms with van der Waals surface area (Å²) in [6.45, 7) is 4.39. The molecule has 1 N–H and O–H groups in total. The number of nitriles is 1.